The summed E-state index contributed by atoms with van der Waals surface area (Å²) in [5.41, 5.74) is 0. The van der Waals surface area contributed by atoms with Gasteiger partial charge in [-0.15, -0.1) is 0 Å². The summed E-state index contributed by atoms with van der Waals surface area (Å²) in [6.45, 7) is 0. The lowest BCUT2D eigenvalue weighted by atomic mass is 10.4. The van der Waals surface area contributed by atoms with E-state index in [0.29, 0.717) is 0 Å². The van der Waals surface area contributed by atoms with Gasteiger partial charge in [0, 0.05) is 3.57 Å². The zero-order valence-electron chi connectivity index (χ0n) is 4.77. The normalized spacial score (nSPS) is 8.67. The van der Waals surface area contributed by atoms with Crippen molar-refractivity contribution in [3.63, 3.8) is 0 Å². The summed E-state index contributed by atoms with van der Waals surface area (Å²) in [6, 6.07) is 8.65. The molecule has 9 heavy (non-hydrogen) atoms. The van der Waals surface area contributed by atoms with Gasteiger partial charge in [0.2, 0.25) is 0 Å². The van der Waals surface area contributed by atoms with Gasteiger partial charge < -0.3 is 0 Å². The van der Waals surface area contributed by atoms with Crippen molar-refractivity contribution in [2.45, 2.75) is 0 Å². The van der Waals surface area contributed by atoms with Crippen molar-refractivity contribution in [2.75, 3.05) is 0 Å². The summed E-state index contributed by atoms with van der Waals surface area (Å²) < 4.78 is 2.78. The minimum Gasteiger partial charge on any atom is -0.296 e. The van der Waals surface area contributed by atoms with Gasteiger partial charge in [-0.1, -0.05) is 24.3 Å². The molecular weight excluding hydrogens is 303 g/mol. The molecule has 3 heteroatoms. The maximum atomic E-state index is 3.52. The fourth-order valence-corrected chi connectivity index (χ4v) is 2.47. The Morgan fingerprint density at radius 3 is 2.22 bits per heavy atom. The quantitative estimate of drug-likeness (QED) is 0.549. The third kappa shape index (κ3) is 2.73. The van der Waals surface area contributed by atoms with Gasteiger partial charge in [0.25, 0.3) is 0 Å². The van der Waals surface area contributed by atoms with E-state index in [4.69, 9.17) is 0 Å². The lowest BCUT2D eigenvalue weighted by molar-refractivity contribution is 1.69. The van der Waals surface area contributed by atoms with Gasteiger partial charge in [0.05, 0.1) is 0 Å². The Hall–Kier alpha value is 1.20. The number of halogens is 2. The fourth-order valence-electron chi connectivity index (χ4n) is 0.573. The van der Waals surface area contributed by atoms with Crippen LogP contribution in [0.15, 0.2) is 24.3 Å². The van der Waals surface area contributed by atoms with E-state index in [2.05, 4.69) is 59.7 Å². The minimum atomic E-state index is -0.116. The van der Waals surface area contributed by atoms with E-state index in [1.807, 2.05) is 0 Å². The molecule has 0 aliphatic carbocycles. The average Bonchev–Trinajstić information content (AvgIpc) is 1.90. The van der Waals surface area contributed by atoms with Crippen molar-refractivity contribution in [1.82, 2.24) is 0 Å². The molecule has 0 saturated heterocycles. The Kier molecular flexibility index (Phi) is 3.83. The van der Waals surface area contributed by atoms with Gasteiger partial charge in [0.1, 0.15) is 0 Å². The van der Waals surface area contributed by atoms with Gasteiger partial charge in [0.15, 0.2) is 0 Å². The molecule has 0 saturated carbocycles. The van der Waals surface area contributed by atoms with Crippen LogP contribution >= 0.6 is 35.5 Å². The highest BCUT2D eigenvalue weighted by atomic mass is 127. The molecule has 0 unspecified atom stereocenters. The second-order valence-electron chi connectivity index (χ2n) is 1.76. The molecule has 0 aliphatic rings. The smallest absolute Gasteiger partial charge is 0.296 e. The van der Waals surface area contributed by atoms with Crippen LogP contribution in [0.2, 0.25) is 0 Å². The SMILES string of the molecule is [Br][Mg][c]1ccc(I)cc1. The lowest BCUT2D eigenvalue weighted by Crippen LogP contribution is -2.06. The molecule has 0 aliphatic heterocycles. The average molecular weight is 307 g/mol. The first-order valence-electron chi connectivity index (χ1n) is 2.63. The molecule has 0 heterocycles. The van der Waals surface area contributed by atoms with Crippen LogP contribution in [0.25, 0.3) is 0 Å². The Balaban J connectivity index is 2.88. The molecule has 0 bridgehead atoms. The van der Waals surface area contributed by atoms with Crippen LogP contribution in [0.4, 0.5) is 0 Å². The van der Waals surface area contributed by atoms with E-state index < -0.39 is 0 Å². The third-order valence-corrected chi connectivity index (χ3v) is 4.51. The summed E-state index contributed by atoms with van der Waals surface area (Å²) in [7, 11) is 0. The van der Waals surface area contributed by atoms with E-state index in [0.717, 1.165) is 0 Å². The monoisotopic (exact) mass is 306 g/mol. The van der Waals surface area contributed by atoms with Crippen molar-refractivity contribution in [3.8, 4) is 0 Å². The Labute approximate surface area is 84.1 Å². The lowest BCUT2D eigenvalue weighted by Gasteiger charge is -1.92. The predicted molar refractivity (Wildman–Crippen MR) is 53.5 cm³/mol. The summed E-state index contributed by atoms with van der Waals surface area (Å²) in [6.07, 6.45) is 0. The molecule has 0 spiro atoms. The highest BCUT2D eigenvalue weighted by Gasteiger charge is 1.91. The molecule has 0 amide bonds. The minimum absolute atomic E-state index is 0.116. The van der Waals surface area contributed by atoms with E-state index in [-0.39, 0.29) is 18.2 Å². The molecule has 0 aromatic heterocycles. The van der Waals surface area contributed by atoms with E-state index in [1.165, 1.54) is 7.26 Å². The third-order valence-electron chi connectivity index (χ3n) is 1.07. The van der Waals surface area contributed by atoms with Crippen molar-refractivity contribution in [2.24, 2.45) is 0 Å². The molecule has 1 aromatic carbocycles. The van der Waals surface area contributed by atoms with E-state index in [1.54, 1.807) is 0 Å². The van der Waals surface area contributed by atoms with Gasteiger partial charge in [-0.3, -0.25) is 12.9 Å². The van der Waals surface area contributed by atoms with E-state index >= 15 is 0 Å². The molecule has 44 valence electrons. The van der Waals surface area contributed by atoms with Crippen LogP contribution in [0.1, 0.15) is 0 Å². The Bertz CT molecular complexity index is 185. The molecule has 0 nitrogen and oxygen atoms in total. The Morgan fingerprint density at radius 2 is 1.78 bits per heavy atom. The summed E-state index contributed by atoms with van der Waals surface area (Å²) in [5.74, 6) is 0. The first-order chi connectivity index (χ1) is 4.33. The van der Waals surface area contributed by atoms with Crippen LogP contribution in [0, 0.1) is 3.57 Å². The summed E-state index contributed by atoms with van der Waals surface area (Å²) in [5, 5.41) is 0. The van der Waals surface area contributed by atoms with Crippen molar-refractivity contribution in [1.29, 1.82) is 0 Å². The van der Waals surface area contributed by atoms with E-state index in [9.17, 15) is 0 Å². The summed E-state index contributed by atoms with van der Waals surface area (Å²) in [4.78, 5) is 0. The molecule has 1 rings (SSSR count). The van der Waals surface area contributed by atoms with Crippen molar-refractivity contribution < 1.29 is 0 Å². The van der Waals surface area contributed by atoms with Crippen LogP contribution in [-0.4, -0.2) is 18.2 Å². The maximum absolute atomic E-state index is 3.52. The summed E-state index contributed by atoms with van der Waals surface area (Å²) >= 11 is 5.72. The highest BCUT2D eigenvalue weighted by molar-refractivity contribution is 14.1. The van der Waals surface area contributed by atoms with Crippen LogP contribution in [0.3, 0.4) is 0 Å². The molecule has 1 aromatic rings. The molecule has 0 fully saturated rings. The van der Waals surface area contributed by atoms with Crippen LogP contribution < -0.4 is 3.69 Å². The number of rotatable bonds is 1. The maximum Gasteiger partial charge on any atom is 0.506 e. The fraction of sp³-hybridized carbons (Fsp3) is 0. The Morgan fingerprint density at radius 1 is 1.22 bits per heavy atom. The van der Waals surface area contributed by atoms with Gasteiger partial charge in [-0.25, -0.2) is 0 Å². The molecular formula is C6H4BrIMg. The predicted octanol–water partition coefficient (Wildman–Crippen LogP) is 1.93. The first-order valence-corrected chi connectivity index (χ1v) is 8.32. The van der Waals surface area contributed by atoms with Crippen LogP contribution in [0.5, 0.6) is 0 Å². The van der Waals surface area contributed by atoms with Gasteiger partial charge >= 0.3 is 18.2 Å². The van der Waals surface area contributed by atoms with Gasteiger partial charge in [-0.2, -0.15) is 3.69 Å². The second kappa shape index (κ2) is 4.15. The number of hydrogen-bond acceptors (Lipinski definition) is 0. The second-order valence-corrected chi connectivity index (χ2v) is 5.77. The van der Waals surface area contributed by atoms with Crippen molar-refractivity contribution in [3.05, 3.63) is 27.8 Å². The number of benzene rings is 1. The zero-order chi connectivity index (χ0) is 6.69. The first kappa shape index (κ1) is 8.29. The highest BCUT2D eigenvalue weighted by Crippen LogP contribution is 1.99. The van der Waals surface area contributed by atoms with Gasteiger partial charge in [-0.05, 0) is 22.6 Å². The standard InChI is InChI=1S/C6H4I.BrH.Mg/c7-6-4-2-1-3-5-6;;/h2-5H;1H;/q;;+1/p-1. The molecule has 0 atom stereocenters. The largest absolute Gasteiger partial charge is 0.506 e. The van der Waals surface area contributed by atoms with Crippen molar-refractivity contribution >= 4 is 57.4 Å². The van der Waals surface area contributed by atoms with Crippen LogP contribution in [-0.2, 0) is 0 Å². The topological polar surface area (TPSA) is 0 Å². The molecule has 0 N–H and O–H groups in total. The molecule has 0 radical (unpaired) electrons. The zero-order valence-corrected chi connectivity index (χ0v) is 9.93. The number of hydrogen-bond donors (Lipinski definition) is 0.